The number of nitrogens with one attached hydrogen (secondary N) is 1. The fraction of sp³-hybridized carbons (Fsp3) is 0.625. The molecule has 170 valence electrons. The van der Waals surface area contributed by atoms with Crippen molar-refractivity contribution in [3.8, 4) is 6.07 Å². The van der Waals surface area contributed by atoms with Gasteiger partial charge in [-0.1, -0.05) is 6.07 Å². The number of morpholine rings is 1. The van der Waals surface area contributed by atoms with E-state index in [0.717, 1.165) is 32.1 Å². The zero-order valence-electron chi connectivity index (χ0n) is 18.1. The number of rotatable bonds is 5. The van der Waals surface area contributed by atoms with Crippen LogP contribution in [0.15, 0.2) is 18.2 Å². The zero-order chi connectivity index (χ0) is 22.5. The number of benzene rings is 1. The summed E-state index contributed by atoms with van der Waals surface area (Å²) in [6, 6.07) is 6.48. The molecule has 1 heterocycles. The highest BCUT2D eigenvalue weighted by Crippen LogP contribution is 2.59. The molecule has 3 atom stereocenters. The predicted molar refractivity (Wildman–Crippen MR) is 113 cm³/mol. The van der Waals surface area contributed by atoms with E-state index >= 15 is 0 Å². The first-order valence-corrected chi connectivity index (χ1v) is 11.5. The Hall–Kier alpha value is -2.50. The monoisotopic (exact) mass is 440 g/mol. The summed E-state index contributed by atoms with van der Waals surface area (Å²) in [4.78, 5) is 27.2. The van der Waals surface area contributed by atoms with Crippen LogP contribution in [0, 0.1) is 40.3 Å². The highest BCUT2D eigenvalue weighted by molar-refractivity contribution is 5.83. The molecule has 0 spiro atoms. The molecule has 1 aromatic rings. The topological polar surface area (TPSA) is 108 Å². The summed E-state index contributed by atoms with van der Waals surface area (Å²) in [7, 11) is 0. The Morgan fingerprint density at radius 1 is 1.28 bits per heavy atom. The molecule has 2 unspecified atom stereocenters. The van der Waals surface area contributed by atoms with Gasteiger partial charge in [0, 0.05) is 36.7 Å². The SMILES string of the molecule is N#Cc1ccc(CN2CCO[C@@H](C(=O)NC3C4CC5CC3CC(C(N)=O)(C5)C4)C2)c(F)c1. The molecule has 1 aliphatic heterocycles. The number of nitrogens with two attached hydrogens (primary N) is 1. The Kier molecular flexibility index (Phi) is 5.42. The van der Waals surface area contributed by atoms with Gasteiger partial charge in [0.1, 0.15) is 11.9 Å². The number of carbonyl (C=O) groups is 2. The van der Waals surface area contributed by atoms with Gasteiger partial charge in [-0.05, 0) is 62.0 Å². The second kappa shape index (κ2) is 8.13. The first kappa shape index (κ1) is 21.4. The van der Waals surface area contributed by atoms with Gasteiger partial charge >= 0.3 is 0 Å². The van der Waals surface area contributed by atoms with Crippen LogP contribution in [-0.4, -0.2) is 48.6 Å². The van der Waals surface area contributed by atoms with E-state index in [4.69, 9.17) is 15.7 Å². The second-order valence-electron chi connectivity index (χ2n) is 10.2. The summed E-state index contributed by atoms with van der Waals surface area (Å²) < 4.78 is 20.1. The normalized spacial score (nSPS) is 35.9. The molecule has 4 aliphatic carbocycles. The molecule has 1 saturated heterocycles. The summed E-state index contributed by atoms with van der Waals surface area (Å²) in [6.07, 6.45) is 3.94. The van der Waals surface area contributed by atoms with Gasteiger partial charge in [0.2, 0.25) is 5.91 Å². The molecule has 1 aromatic carbocycles. The molecule has 3 N–H and O–H groups in total. The van der Waals surface area contributed by atoms with Crippen LogP contribution >= 0.6 is 0 Å². The molecule has 8 heteroatoms. The summed E-state index contributed by atoms with van der Waals surface area (Å²) in [5, 5.41) is 12.2. The number of nitrogens with zero attached hydrogens (tertiary/aromatic N) is 2. The number of primary amides is 1. The molecule has 2 amide bonds. The first-order valence-electron chi connectivity index (χ1n) is 11.5. The minimum Gasteiger partial charge on any atom is -0.369 e. The molecule has 0 radical (unpaired) electrons. The highest BCUT2D eigenvalue weighted by Gasteiger charge is 2.58. The van der Waals surface area contributed by atoms with Gasteiger partial charge < -0.3 is 15.8 Å². The van der Waals surface area contributed by atoms with Gasteiger partial charge in [-0.15, -0.1) is 0 Å². The van der Waals surface area contributed by atoms with Crippen molar-refractivity contribution in [1.82, 2.24) is 10.2 Å². The van der Waals surface area contributed by atoms with Crippen LogP contribution in [0.25, 0.3) is 0 Å². The Morgan fingerprint density at radius 2 is 2.03 bits per heavy atom. The van der Waals surface area contributed by atoms with Crippen LogP contribution in [0.4, 0.5) is 4.39 Å². The van der Waals surface area contributed by atoms with Crippen molar-refractivity contribution in [2.24, 2.45) is 28.9 Å². The fourth-order valence-electron chi connectivity index (χ4n) is 6.81. The third-order valence-corrected chi connectivity index (χ3v) is 8.12. The number of amides is 2. The molecular formula is C24H29FN4O3. The largest absolute Gasteiger partial charge is 0.369 e. The van der Waals surface area contributed by atoms with E-state index in [-0.39, 0.29) is 23.3 Å². The second-order valence-corrected chi connectivity index (χ2v) is 10.2. The van der Waals surface area contributed by atoms with E-state index in [1.165, 1.54) is 6.07 Å². The van der Waals surface area contributed by atoms with Crippen LogP contribution < -0.4 is 11.1 Å². The number of ether oxygens (including phenoxy) is 1. The zero-order valence-corrected chi connectivity index (χ0v) is 18.1. The van der Waals surface area contributed by atoms with Gasteiger partial charge in [0.05, 0.1) is 18.2 Å². The Balaban J connectivity index is 1.21. The molecule has 0 aromatic heterocycles. The van der Waals surface area contributed by atoms with Crippen molar-refractivity contribution in [2.45, 2.75) is 50.8 Å². The highest BCUT2D eigenvalue weighted by atomic mass is 19.1. The lowest BCUT2D eigenvalue weighted by Gasteiger charge is -2.59. The quantitative estimate of drug-likeness (QED) is 0.724. The maximum atomic E-state index is 14.3. The van der Waals surface area contributed by atoms with Crippen molar-refractivity contribution in [2.75, 3.05) is 19.7 Å². The van der Waals surface area contributed by atoms with Crippen molar-refractivity contribution in [3.63, 3.8) is 0 Å². The van der Waals surface area contributed by atoms with Crippen molar-refractivity contribution in [3.05, 3.63) is 35.1 Å². The van der Waals surface area contributed by atoms with Gasteiger partial charge in [-0.3, -0.25) is 14.5 Å². The number of halogens is 1. The van der Waals surface area contributed by atoms with Crippen molar-refractivity contribution >= 4 is 11.8 Å². The lowest BCUT2D eigenvalue weighted by molar-refractivity contribution is -0.151. The van der Waals surface area contributed by atoms with Crippen LogP contribution in [0.2, 0.25) is 0 Å². The van der Waals surface area contributed by atoms with Crippen molar-refractivity contribution in [1.29, 1.82) is 5.26 Å². The van der Waals surface area contributed by atoms with Gasteiger partial charge in [0.15, 0.2) is 0 Å². The van der Waals surface area contributed by atoms with E-state index < -0.39 is 11.9 Å². The summed E-state index contributed by atoms with van der Waals surface area (Å²) in [6.45, 7) is 1.77. The minimum atomic E-state index is -0.604. The van der Waals surface area contributed by atoms with Crippen LogP contribution in [0.1, 0.15) is 43.2 Å². The molecule has 6 rings (SSSR count). The average molecular weight is 441 g/mol. The van der Waals surface area contributed by atoms with E-state index in [2.05, 4.69) is 5.32 Å². The molecular weight excluding hydrogens is 411 g/mol. The summed E-state index contributed by atoms with van der Waals surface area (Å²) in [5.74, 6) is 0.421. The Labute approximate surface area is 187 Å². The predicted octanol–water partition coefficient (Wildman–Crippen LogP) is 1.69. The molecule has 5 aliphatic rings. The third kappa shape index (κ3) is 3.78. The van der Waals surface area contributed by atoms with E-state index in [1.807, 2.05) is 11.0 Å². The minimum absolute atomic E-state index is 0.0708. The standard InChI is InChI=1S/C24H29FN4O3/c25-19-7-14(11-26)1-2-16(19)12-29-3-4-32-20(13-29)22(30)28-21-17-5-15-6-18(21)10-24(8-15,9-17)23(27)31/h1-2,7,15,17-18,20-21H,3-6,8-10,12-13H2,(H2,27,31)(H,28,30)/t15?,17?,18?,20-,21?,24?/m1/s1. The lowest BCUT2D eigenvalue weighted by atomic mass is 9.47. The molecule has 32 heavy (non-hydrogen) atoms. The molecule has 7 nitrogen and oxygen atoms in total. The van der Waals surface area contributed by atoms with Gasteiger partial charge in [-0.2, -0.15) is 5.26 Å². The maximum Gasteiger partial charge on any atom is 0.250 e. The molecule has 4 saturated carbocycles. The van der Waals surface area contributed by atoms with Crippen LogP contribution in [0.3, 0.4) is 0 Å². The third-order valence-electron chi connectivity index (χ3n) is 8.12. The van der Waals surface area contributed by atoms with E-state index in [0.29, 0.717) is 55.1 Å². The van der Waals surface area contributed by atoms with Crippen LogP contribution in [-0.2, 0) is 20.9 Å². The lowest BCUT2D eigenvalue weighted by Crippen LogP contribution is -2.63. The first-order chi connectivity index (χ1) is 15.4. The van der Waals surface area contributed by atoms with Gasteiger partial charge in [-0.25, -0.2) is 4.39 Å². The fourth-order valence-corrected chi connectivity index (χ4v) is 6.81. The number of hydrogen-bond donors (Lipinski definition) is 2. The summed E-state index contributed by atoms with van der Waals surface area (Å²) >= 11 is 0. The average Bonchev–Trinajstić information content (AvgIpc) is 2.77. The number of hydrogen-bond acceptors (Lipinski definition) is 5. The smallest absolute Gasteiger partial charge is 0.250 e. The van der Waals surface area contributed by atoms with Gasteiger partial charge in [0.25, 0.3) is 5.91 Å². The van der Waals surface area contributed by atoms with E-state index in [1.54, 1.807) is 12.1 Å². The van der Waals surface area contributed by atoms with Crippen LogP contribution in [0.5, 0.6) is 0 Å². The summed E-state index contributed by atoms with van der Waals surface area (Å²) in [5.41, 5.74) is 6.19. The molecule has 4 bridgehead atoms. The maximum absolute atomic E-state index is 14.3. The number of nitriles is 1. The Morgan fingerprint density at radius 3 is 2.69 bits per heavy atom. The van der Waals surface area contributed by atoms with E-state index in [9.17, 15) is 14.0 Å². The molecule has 5 fully saturated rings. The Bertz CT molecular complexity index is 960. The van der Waals surface area contributed by atoms with Crippen molar-refractivity contribution < 1.29 is 18.7 Å². The number of carbonyl (C=O) groups excluding carboxylic acids is 2.